The summed E-state index contributed by atoms with van der Waals surface area (Å²) in [5.41, 5.74) is 2.24. The molecule has 1 N–H and O–H groups in total. The molecule has 0 aliphatic heterocycles. The third-order valence-electron chi connectivity index (χ3n) is 3.89. The fraction of sp³-hybridized carbons (Fsp3) is 0.667. The first-order chi connectivity index (χ1) is 9.52. The van der Waals surface area contributed by atoms with Crippen LogP contribution < -0.4 is 0 Å². The van der Waals surface area contributed by atoms with Crippen molar-refractivity contribution in [2.45, 2.75) is 39.3 Å². The molecule has 112 valence electrons. The first kappa shape index (κ1) is 15.7. The molecule has 0 spiro atoms. The number of methoxy groups -OCH3 is 1. The van der Waals surface area contributed by atoms with Gasteiger partial charge in [-0.2, -0.15) is 5.10 Å². The summed E-state index contributed by atoms with van der Waals surface area (Å²) in [7, 11) is 1.67. The highest BCUT2D eigenvalue weighted by Crippen LogP contribution is 2.38. The standard InChI is InChI=1S/C15H23BrN2O2/c1-10-6-11(2)8-12(7-10)15(19)14-13(16)9-17-18(14)4-5-20-3/h6,9-10,12,15,19H,4-5,7-8H2,1-3H3. The highest BCUT2D eigenvalue weighted by molar-refractivity contribution is 9.10. The molecular formula is C15H23BrN2O2. The third-order valence-corrected chi connectivity index (χ3v) is 4.51. The maximum atomic E-state index is 10.8. The molecular weight excluding hydrogens is 320 g/mol. The first-order valence-electron chi connectivity index (χ1n) is 7.08. The molecule has 0 amide bonds. The van der Waals surface area contributed by atoms with Gasteiger partial charge in [-0.1, -0.05) is 18.6 Å². The van der Waals surface area contributed by atoms with Gasteiger partial charge < -0.3 is 9.84 Å². The molecule has 1 aliphatic carbocycles. The summed E-state index contributed by atoms with van der Waals surface area (Å²) in [6.45, 7) is 5.60. The maximum absolute atomic E-state index is 10.8. The molecule has 1 aromatic heterocycles. The predicted molar refractivity (Wildman–Crippen MR) is 82.4 cm³/mol. The van der Waals surface area contributed by atoms with Crippen LogP contribution in [0.3, 0.4) is 0 Å². The second-order valence-electron chi connectivity index (χ2n) is 5.73. The molecule has 0 saturated carbocycles. The Morgan fingerprint density at radius 1 is 1.60 bits per heavy atom. The van der Waals surface area contributed by atoms with E-state index in [1.54, 1.807) is 13.3 Å². The van der Waals surface area contributed by atoms with E-state index in [0.717, 1.165) is 23.0 Å². The molecule has 3 atom stereocenters. The number of aliphatic hydroxyl groups excluding tert-OH is 1. The second kappa shape index (κ2) is 6.87. The van der Waals surface area contributed by atoms with E-state index in [1.807, 2.05) is 4.68 Å². The maximum Gasteiger partial charge on any atom is 0.0999 e. The highest BCUT2D eigenvalue weighted by atomic mass is 79.9. The Labute approximate surface area is 128 Å². The van der Waals surface area contributed by atoms with Gasteiger partial charge in [0.1, 0.15) is 0 Å². The molecule has 0 aromatic carbocycles. The molecule has 1 heterocycles. The minimum absolute atomic E-state index is 0.254. The van der Waals surface area contributed by atoms with Crippen LogP contribution in [0.2, 0.25) is 0 Å². The summed E-state index contributed by atoms with van der Waals surface area (Å²) in [5.74, 6) is 0.779. The number of hydrogen-bond donors (Lipinski definition) is 1. The summed E-state index contributed by atoms with van der Waals surface area (Å²) >= 11 is 3.51. The molecule has 4 nitrogen and oxygen atoms in total. The quantitative estimate of drug-likeness (QED) is 0.835. The Morgan fingerprint density at radius 3 is 3.00 bits per heavy atom. The molecule has 0 bridgehead atoms. The van der Waals surface area contributed by atoms with Crippen molar-refractivity contribution in [1.82, 2.24) is 9.78 Å². The van der Waals surface area contributed by atoms with Gasteiger partial charge in [0, 0.05) is 7.11 Å². The minimum atomic E-state index is -0.491. The van der Waals surface area contributed by atoms with Crippen molar-refractivity contribution in [1.29, 1.82) is 0 Å². The highest BCUT2D eigenvalue weighted by Gasteiger charge is 2.29. The van der Waals surface area contributed by atoms with Crippen LogP contribution in [-0.2, 0) is 11.3 Å². The van der Waals surface area contributed by atoms with Crippen LogP contribution in [0.5, 0.6) is 0 Å². The van der Waals surface area contributed by atoms with Gasteiger partial charge in [0.15, 0.2) is 0 Å². The van der Waals surface area contributed by atoms with Gasteiger partial charge in [-0.15, -0.1) is 0 Å². The monoisotopic (exact) mass is 342 g/mol. The average Bonchev–Trinajstić information content (AvgIpc) is 2.75. The Morgan fingerprint density at radius 2 is 2.35 bits per heavy atom. The predicted octanol–water partition coefficient (Wildman–Crippen LogP) is 3.32. The first-order valence-corrected chi connectivity index (χ1v) is 7.87. The zero-order chi connectivity index (χ0) is 14.7. The van der Waals surface area contributed by atoms with Crippen LogP contribution in [0.15, 0.2) is 22.3 Å². The van der Waals surface area contributed by atoms with E-state index in [9.17, 15) is 5.11 Å². The van der Waals surface area contributed by atoms with Crippen LogP contribution >= 0.6 is 15.9 Å². The van der Waals surface area contributed by atoms with Crippen molar-refractivity contribution < 1.29 is 9.84 Å². The number of nitrogens with zero attached hydrogens (tertiary/aromatic N) is 2. The van der Waals surface area contributed by atoms with Crippen molar-refractivity contribution in [3.63, 3.8) is 0 Å². The normalized spacial score (nSPS) is 24.6. The summed E-state index contributed by atoms with van der Waals surface area (Å²) in [6.07, 6.45) is 5.53. The summed E-state index contributed by atoms with van der Waals surface area (Å²) in [5, 5.41) is 15.1. The zero-order valence-electron chi connectivity index (χ0n) is 12.3. The number of allylic oxidation sites excluding steroid dienone is 2. The van der Waals surface area contributed by atoms with Crippen LogP contribution in [0.4, 0.5) is 0 Å². The van der Waals surface area contributed by atoms with E-state index in [2.05, 4.69) is 41.0 Å². The molecule has 3 unspecified atom stereocenters. The van der Waals surface area contributed by atoms with Gasteiger partial charge >= 0.3 is 0 Å². The summed E-state index contributed by atoms with van der Waals surface area (Å²) in [6, 6.07) is 0. The van der Waals surface area contributed by atoms with Gasteiger partial charge in [0.2, 0.25) is 0 Å². The Hall–Kier alpha value is -0.650. The van der Waals surface area contributed by atoms with E-state index in [0.29, 0.717) is 19.1 Å². The zero-order valence-corrected chi connectivity index (χ0v) is 13.9. The van der Waals surface area contributed by atoms with Gasteiger partial charge in [0.05, 0.1) is 35.6 Å². The topological polar surface area (TPSA) is 47.3 Å². The van der Waals surface area contributed by atoms with Gasteiger partial charge in [-0.25, -0.2) is 0 Å². The van der Waals surface area contributed by atoms with Crippen LogP contribution in [0.1, 0.15) is 38.5 Å². The molecule has 5 heteroatoms. The molecule has 2 rings (SSSR count). The third kappa shape index (κ3) is 3.51. The molecule has 0 fully saturated rings. The van der Waals surface area contributed by atoms with Crippen molar-refractivity contribution >= 4 is 15.9 Å². The minimum Gasteiger partial charge on any atom is -0.386 e. The smallest absolute Gasteiger partial charge is 0.0999 e. The van der Waals surface area contributed by atoms with Crippen LogP contribution in [-0.4, -0.2) is 28.6 Å². The lowest BCUT2D eigenvalue weighted by atomic mass is 9.80. The second-order valence-corrected chi connectivity index (χ2v) is 6.58. The lowest BCUT2D eigenvalue weighted by molar-refractivity contribution is 0.0816. The van der Waals surface area contributed by atoms with E-state index in [-0.39, 0.29) is 5.92 Å². The lowest BCUT2D eigenvalue weighted by Crippen LogP contribution is -2.23. The SMILES string of the molecule is COCCn1ncc(Br)c1C(O)C1CC(C)=CC(C)C1. The number of aromatic nitrogens is 2. The number of aliphatic hydroxyl groups is 1. The fourth-order valence-corrected chi connectivity index (χ4v) is 3.61. The number of rotatable bonds is 5. The largest absolute Gasteiger partial charge is 0.386 e. The molecule has 0 saturated heterocycles. The average molecular weight is 343 g/mol. The molecule has 1 aromatic rings. The summed E-state index contributed by atoms with van der Waals surface area (Å²) < 4.78 is 7.82. The van der Waals surface area contributed by atoms with E-state index >= 15 is 0 Å². The molecule has 20 heavy (non-hydrogen) atoms. The van der Waals surface area contributed by atoms with E-state index < -0.39 is 6.10 Å². The van der Waals surface area contributed by atoms with Gasteiger partial charge in [-0.3, -0.25) is 4.68 Å². The van der Waals surface area contributed by atoms with Crippen molar-refractivity contribution in [2.24, 2.45) is 11.8 Å². The van der Waals surface area contributed by atoms with E-state index in [4.69, 9.17) is 4.74 Å². The van der Waals surface area contributed by atoms with Gasteiger partial charge in [0.25, 0.3) is 0 Å². The number of ether oxygens (including phenoxy) is 1. The Kier molecular flexibility index (Phi) is 5.41. The van der Waals surface area contributed by atoms with Crippen LogP contribution in [0, 0.1) is 11.8 Å². The molecule has 1 aliphatic rings. The van der Waals surface area contributed by atoms with E-state index in [1.165, 1.54) is 5.57 Å². The van der Waals surface area contributed by atoms with Gasteiger partial charge in [-0.05, 0) is 47.5 Å². The fourth-order valence-electron chi connectivity index (χ4n) is 3.08. The van der Waals surface area contributed by atoms with Crippen molar-refractivity contribution in [2.75, 3.05) is 13.7 Å². The Bertz CT molecular complexity index is 484. The number of hydrogen-bond acceptors (Lipinski definition) is 3. The molecule has 0 radical (unpaired) electrons. The van der Waals surface area contributed by atoms with Crippen LogP contribution in [0.25, 0.3) is 0 Å². The Balaban J connectivity index is 2.18. The summed E-state index contributed by atoms with van der Waals surface area (Å²) in [4.78, 5) is 0. The van der Waals surface area contributed by atoms with Crippen molar-refractivity contribution in [3.8, 4) is 0 Å². The number of halogens is 1. The van der Waals surface area contributed by atoms with Crippen molar-refractivity contribution in [3.05, 3.63) is 28.0 Å². The lowest BCUT2D eigenvalue weighted by Gasteiger charge is -2.30.